The van der Waals surface area contributed by atoms with Gasteiger partial charge in [0.05, 0.1) is 25.9 Å². The second-order valence-electron chi connectivity index (χ2n) is 7.22. The average Bonchev–Trinajstić information content (AvgIpc) is 2.99. The fourth-order valence-corrected chi connectivity index (χ4v) is 4.31. The van der Waals surface area contributed by atoms with Gasteiger partial charge < -0.3 is 9.47 Å². The Morgan fingerprint density at radius 3 is 2.65 bits per heavy atom. The minimum absolute atomic E-state index is 0.414. The maximum Gasteiger partial charge on any atom is 0.0745 e. The van der Waals surface area contributed by atoms with Crippen LogP contribution in [0.4, 0.5) is 0 Å². The van der Waals surface area contributed by atoms with E-state index >= 15 is 0 Å². The van der Waals surface area contributed by atoms with Gasteiger partial charge in [-0.05, 0) is 24.4 Å². The first kappa shape index (κ1) is 15.6. The van der Waals surface area contributed by atoms with Crippen LogP contribution in [0.2, 0.25) is 0 Å². The van der Waals surface area contributed by atoms with Crippen molar-refractivity contribution in [2.75, 3.05) is 52.5 Å². The van der Waals surface area contributed by atoms with Crippen LogP contribution in [0.5, 0.6) is 0 Å². The minimum atomic E-state index is 0.414. The molecular weight excluding hydrogens is 288 g/mol. The van der Waals surface area contributed by atoms with E-state index in [1.165, 1.54) is 25.1 Å². The number of ether oxygens (including phenoxy) is 2. The summed E-state index contributed by atoms with van der Waals surface area (Å²) in [6.45, 7) is 9.41. The molecule has 1 aromatic carbocycles. The normalized spacial score (nSPS) is 32.8. The van der Waals surface area contributed by atoms with Crippen LogP contribution >= 0.6 is 0 Å². The average molecular weight is 316 g/mol. The van der Waals surface area contributed by atoms with Crippen LogP contribution < -0.4 is 0 Å². The highest BCUT2D eigenvalue weighted by Gasteiger charge is 2.41. The highest BCUT2D eigenvalue weighted by molar-refractivity contribution is 5.14. The van der Waals surface area contributed by atoms with Crippen LogP contribution in [-0.4, -0.2) is 68.4 Å². The molecule has 0 amide bonds. The Kier molecular flexibility index (Phi) is 4.95. The molecule has 3 aliphatic heterocycles. The lowest BCUT2D eigenvalue weighted by Crippen LogP contribution is -2.47. The lowest BCUT2D eigenvalue weighted by molar-refractivity contribution is -0.00493. The van der Waals surface area contributed by atoms with Crippen molar-refractivity contribution in [3.63, 3.8) is 0 Å². The molecule has 0 bridgehead atoms. The Balaban J connectivity index is 1.35. The predicted octanol–water partition coefficient (Wildman–Crippen LogP) is 1.86. The molecule has 3 heterocycles. The number of hydrogen-bond acceptors (Lipinski definition) is 4. The standard InChI is InChI=1S/C19H28N2O2/c1-2-4-16(5-3-1)12-21-7-6-17-15-23-19(18(17)13-21)14-20-8-10-22-11-9-20/h1-5,17-19H,6-15H2/t17-,18-,19+/m0/s1. The minimum Gasteiger partial charge on any atom is -0.379 e. The molecule has 4 rings (SSSR count). The SMILES string of the molecule is c1ccc(CN2CC[C@H]3CO[C@H](CN4CCOCC4)[C@H]3C2)cc1. The van der Waals surface area contributed by atoms with Crippen molar-refractivity contribution in [3.8, 4) is 0 Å². The van der Waals surface area contributed by atoms with E-state index in [4.69, 9.17) is 9.47 Å². The van der Waals surface area contributed by atoms with Crippen LogP contribution in [0.15, 0.2) is 30.3 Å². The molecular formula is C19H28N2O2. The molecule has 126 valence electrons. The van der Waals surface area contributed by atoms with Crippen molar-refractivity contribution in [2.24, 2.45) is 11.8 Å². The molecule has 3 saturated heterocycles. The fourth-order valence-electron chi connectivity index (χ4n) is 4.31. The summed E-state index contributed by atoms with van der Waals surface area (Å²) in [7, 11) is 0. The van der Waals surface area contributed by atoms with E-state index < -0.39 is 0 Å². The summed E-state index contributed by atoms with van der Waals surface area (Å²) < 4.78 is 11.7. The van der Waals surface area contributed by atoms with Crippen LogP contribution in [0.3, 0.4) is 0 Å². The van der Waals surface area contributed by atoms with Crippen LogP contribution in [-0.2, 0) is 16.0 Å². The van der Waals surface area contributed by atoms with Gasteiger partial charge in [-0.1, -0.05) is 30.3 Å². The molecule has 0 saturated carbocycles. The van der Waals surface area contributed by atoms with Gasteiger partial charge in [0.15, 0.2) is 0 Å². The van der Waals surface area contributed by atoms with Crippen LogP contribution in [0.25, 0.3) is 0 Å². The first-order chi connectivity index (χ1) is 11.4. The third-order valence-corrected chi connectivity index (χ3v) is 5.68. The summed E-state index contributed by atoms with van der Waals surface area (Å²) in [5, 5.41) is 0. The second kappa shape index (κ2) is 7.31. The molecule has 23 heavy (non-hydrogen) atoms. The van der Waals surface area contributed by atoms with Gasteiger partial charge in [-0.15, -0.1) is 0 Å². The van der Waals surface area contributed by atoms with Crippen molar-refractivity contribution >= 4 is 0 Å². The molecule has 0 radical (unpaired) electrons. The van der Waals surface area contributed by atoms with Gasteiger partial charge in [0.1, 0.15) is 0 Å². The Morgan fingerprint density at radius 2 is 1.83 bits per heavy atom. The third-order valence-electron chi connectivity index (χ3n) is 5.68. The van der Waals surface area contributed by atoms with Gasteiger partial charge in [0.25, 0.3) is 0 Å². The highest BCUT2D eigenvalue weighted by atomic mass is 16.5. The van der Waals surface area contributed by atoms with E-state index in [0.717, 1.165) is 51.9 Å². The smallest absolute Gasteiger partial charge is 0.0745 e. The zero-order valence-corrected chi connectivity index (χ0v) is 13.9. The van der Waals surface area contributed by atoms with E-state index in [1.807, 2.05) is 0 Å². The molecule has 0 N–H and O–H groups in total. The molecule has 1 aromatic rings. The summed E-state index contributed by atoms with van der Waals surface area (Å²) in [6.07, 6.45) is 1.70. The van der Waals surface area contributed by atoms with Crippen molar-refractivity contribution in [2.45, 2.75) is 19.1 Å². The van der Waals surface area contributed by atoms with Gasteiger partial charge in [-0.3, -0.25) is 9.80 Å². The number of fused-ring (bicyclic) bond motifs is 1. The molecule has 0 aliphatic carbocycles. The lowest BCUT2D eigenvalue weighted by atomic mass is 9.84. The summed E-state index contributed by atoms with van der Waals surface area (Å²) in [6, 6.07) is 10.9. The molecule has 4 heteroatoms. The zero-order chi connectivity index (χ0) is 15.5. The lowest BCUT2D eigenvalue weighted by Gasteiger charge is -2.37. The number of nitrogens with zero attached hydrogens (tertiary/aromatic N) is 2. The largest absolute Gasteiger partial charge is 0.379 e. The maximum atomic E-state index is 6.19. The second-order valence-corrected chi connectivity index (χ2v) is 7.22. The van der Waals surface area contributed by atoms with Crippen molar-refractivity contribution < 1.29 is 9.47 Å². The molecule has 3 aliphatic rings. The highest BCUT2D eigenvalue weighted by Crippen LogP contribution is 2.35. The van der Waals surface area contributed by atoms with E-state index in [0.29, 0.717) is 12.0 Å². The van der Waals surface area contributed by atoms with Crippen molar-refractivity contribution in [1.29, 1.82) is 0 Å². The summed E-state index contributed by atoms with van der Waals surface area (Å²) in [4.78, 5) is 5.14. The quantitative estimate of drug-likeness (QED) is 0.846. The Labute approximate surface area is 139 Å². The Hall–Kier alpha value is -0.940. The first-order valence-corrected chi connectivity index (χ1v) is 9.06. The fraction of sp³-hybridized carbons (Fsp3) is 0.684. The van der Waals surface area contributed by atoms with Crippen LogP contribution in [0, 0.1) is 11.8 Å². The van der Waals surface area contributed by atoms with Crippen molar-refractivity contribution in [1.82, 2.24) is 9.80 Å². The molecule has 0 spiro atoms. The first-order valence-electron chi connectivity index (χ1n) is 9.06. The molecule has 3 atom stereocenters. The van der Waals surface area contributed by atoms with Gasteiger partial charge in [-0.25, -0.2) is 0 Å². The number of rotatable bonds is 4. The molecule has 0 aromatic heterocycles. The topological polar surface area (TPSA) is 24.9 Å². The zero-order valence-electron chi connectivity index (χ0n) is 13.9. The number of likely N-dealkylation sites (tertiary alicyclic amines) is 1. The summed E-state index contributed by atoms with van der Waals surface area (Å²) in [5.74, 6) is 1.48. The Bertz CT molecular complexity index is 489. The van der Waals surface area contributed by atoms with Gasteiger partial charge in [0.2, 0.25) is 0 Å². The predicted molar refractivity (Wildman–Crippen MR) is 90.3 cm³/mol. The molecule has 0 unspecified atom stereocenters. The summed E-state index contributed by atoms with van der Waals surface area (Å²) >= 11 is 0. The third kappa shape index (κ3) is 3.77. The number of benzene rings is 1. The number of morpholine rings is 1. The van der Waals surface area contributed by atoms with Crippen molar-refractivity contribution in [3.05, 3.63) is 35.9 Å². The van der Waals surface area contributed by atoms with E-state index in [9.17, 15) is 0 Å². The summed E-state index contributed by atoms with van der Waals surface area (Å²) in [5.41, 5.74) is 1.43. The monoisotopic (exact) mass is 316 g/mol. The molecule has 3 fully saturated rings. The van der Waals surface area contributed by atoms with Crippen LogP contribution in [0.1, 0.15) is 12.0 Å². The van der Waals surface area contributed by atoms with E-state index in [2.05, 4.69) is 40.1 Å². The number of hydrogen-bond donors (Lipinski definition) is 0. The molecule has 4 nitrogen and oxygen atoms in total. The van der Waals surface area contributed by atoms with Gasteiger partial charge in [-0.2, -0.15) is 0 Å². The van der Waals surface area contributed by atoms with Gasteiger partial charge >= 0.3 is 0 Å². The van der Waals surface area contributed by atoms with E-state index in [1.54, 1.807) is 0 Å². The van der Waals surface area contributed by atoms with E-state index in [-0.39, 0.29) is 0 Å². The Morgan fingerprint density at radius 1 is 1.00 bits per heavy atom. The van der Waals surface area contributed by atoms with Gasteiger partial charge in [0, 0.05) is 38.6 Å². The maximum absolute atomic E-state index is 6.19. The number of piperidine rings is 1.